The summed E-state index contributed by atoms with van der Waals surface area (Å²) in [6, 6.07) is 5.25. The van der Waals surface area contributed by atoms with E-state index in [1.165, 1.54) is 0 Å². The fourth-order valence-electron chi connectivity index (χ4n) is 2.92. The fourth-order valence-corrected chi connectivity index (χ4v) is 4.50. The van der Waals surface area contributed by atoms with E-state index in [4.69, 9.17) is 5.73 Å². The van der Waals surface area contributed by atoms with Crippen molar-refractivity contribution in [2.75, 3.05) is 31.9 Å². The smallest absolute Gasteiger partial charge is 0.243 e. The van der Waals surface area contributed by atoms with Gasteiger partial charge >= 0.3 is 0 Å². The lowest BCUT2D eigenvalue weighted by molar-refractivity contribution is 0.224. The summed E-state index contributed by atoms with van der Waals surface area (Å²) in [4.78, 5) is 2.67. The van der Waals surface area contributed by atoms with Crippen LogP contribution in [0.25, 0.3) is 0 Å². The van der Waals surface area contributed by atoms with E-state index >= 15 is 0 Å². The third kappa shape index (κ3) is 3.22. The number of hydrogen-bond acceptors (Lipinski definition) is 4. The third-order valence-corrected chi connectivity index (χ3v) is 6.20. The summed E-state index contributed by atoms with van der Waals surface area (Å²) in [6.45, 7) is 9.14. The van der Waals surface area contributed by atoms with Crippen molar-refractivity contribution < 1.29 is 8.42 Å². The molecule has 1 aromatic rings. The topological polar surface area (TPSA) is 66.6 Å². The number of nitrogen functional groups attached to an aromatic ring is 1. The van der Waals surface area contributed by atoms with Gasteiger partial charge in [-0.2, -0.15) is 4.31 Å². The van der Waals surface area contributed by atoms with Crippen molar-refractivity contribution in [3.63, 3.8) is 0 Å². The molecule has 1 unspecified atom stereocenters. The van der Waals surface area contributed by atoms with Crippen molar-refractivity contribution in [3.8, 4) is 0 Å². The molecule has 2 rings (SSSR count). The molecule has 1 heterocycles. The van der Waals surface area contributed by atoms with Crippen molar-refractivity contribution >= 4 is 15.7 Å². The first-order valence-corrected chi connectivity index (χ1v) is 8.94. The summed E-state index contributed by atoms with van der Waals surface area (Å²) in [6.07, 6.45) is 0.898. The number of anilines is 1. The van der Waals surface area contributed by atoms with Gasteiger partial charge in [0, 0.05) is 24.8 Å². The Hall–Kier alpha value is -1.11. The van der Waals surface area contributed by atoms with Crippen molar-refractivity contribution in [3.05, 3.63) is 23.8 Å². The van der Waals surface area contributed by atoms with E-state index in [-0.39, 0.29) is 0 Å². The Balaban J connectivity index is 2.19. The zero-order valence-electron chi connectivity index (χ0n) is 13.0. The first-order chi connectivity index (χ1) is 9.90. The molecule has 0 radical (unpaired) electrons. The predicted octanol–water partition coefficient (Wildman–Crippen LogP) is 1.68. The highest BCUT2D eigenvalue weighted by molar-refractivity contribution is 7.89. The van der Waals surface area contributed by atoms with E-state index in [0.717, 1.165) is 25.1 Å². The summed E-state index contributed by atoms with van der Waals surface area (Å²) in [5.41, 5.74) is 7.19. The lowest BCUT2D eigenvalue weighted by Crippen LogP contribution is -2.38. The molecule has 0 aliphatic carbocycles. The van der Waals surface area contributed by atoms with Gasteiger partial charge in [-0.1, -0.05) is 13.8 Å². The normalized spacial score (nSPS) is 20.3. The van der Waals surface area contributed by atoms with Crippen molar-refractivity contribution in [2.24, 2.45) is 0 Å². The average molecular weight is 311 g/mol. The molecule has 0 amide bonds. The van der Waals surface area contributed by atoms with E-state index in [9.17, 15) is 8.42 Å². The van der Waals surface area contributed by atoms with Crippen LogP contribution in [-0.2, 0) is 10.0 Å². The van der Waals surface area contributed by atoms with E-state index < -0.39 is 10.0 Å². The predicted molar refractivity (Wildman–Crippen MR) is 85.7 cm³/mol. The third-order valence-electron chi connectivity index (χ3n) is 4.33. The minimum Gasteiger partial charge on any atom is -0.399 e. The Morgan fingerprint density at radius 3 is 2.57 bits per heavy atom. The van der Waals surface area contributed by atoms with Gasteiger partial charge in [0.15, 0.2) is 0 Å². The zero-order valence-corrected chi connectivity index (χ0v) is 13.9. The standard InChI is InChI=1S/C15H25N3O2S/c1-4-17(5-2)13-8-9-18(11-13)21(19,20)14-6-7-15(16)12(3)10-14/h6-7,10,13H,4-5,8-9,11,16H2,1-3H3. The van der Waals surface area contributed by atoms with E-state index in [1.54, 1.807) is 22.5 Å². The molecule has 1 fully saturated rings. The average Bonchev–Trinajstić information content (AvgIpc) is 2.93. The van der Waals surface area contributed by atoms with Gasteiger partial charge in [0.05, 0.1) is 4.90 Å². The molecule has 0 saturated carbocycles. The lowest BCUT2D eigenvalue weighted by atomic mass is 10.2. The molecule has 1 aliphatic heterocycles. The van der Waals surface area contributed by atoms with Crippen LogP contribution in [0.3, 0.4) is 0 Å². The maximum Gasteiger partial charge on any atom is 0.243 e. The van der Waals surface area contributed by atoms with E-state index in [0.29, 0.717) is 29.7 Å². The molecule has 118 valence electrons. The molecule has 0 aromatic heterocycles. The summed E-state index contributed by atoms with van der Waals surface area (Å²) in [7, 11) is -3.41. The molecule has 6 heteroatoms. The molecule has 1 aromatic carbocycles. The van der Waals surface area contributed by atoms with E-state index in [2.05, 4.69) is 18.7 Å². The largest absolute Gasteiger partial charge is 0.399 e. The molecule has 21 heavy (non-hydrogen) atoms. The molecule has 2 N–H and O–H groups in total. The fraction of sp³-hybridized carbons (Fsp3) is 0.600. The number of likely N-dealkylation sites (N-methyl/N-ethyl adjacent to an activating group) is 1. The minimum atomic E-state index is -3.41. The second kappa shape index (κ2) is 6.34. The summed E-state index contributed by atoms with van der Waals surface area (Å²) < 4.78 is 27.0. The molecular weight excluding hydrogens is 286 g/mol. The first kappa shape index (κ1) is 16.3. The quantitative estimate of drug-likeness (QED) is 0.840. The molecule has 0 spiro atoms. The molecule has 1 aliphatic rings. The van der Waals surface area contributed by atoms with Crippen LogP contribution < -0.4 is 5.73 Å². The SMILES string of the molecule is CCN(CC)C1CCN(S(=O)(=O)c2ccc(N)c(C)c2)C1. The highest BCUT2D eigenvalue weighted by Gasteiger charge is 2.34. The van der Waals surface area contributed by atoms with Crippen LogP contribution in [0.5, 0.6) is 0 Å². The Morgan fingerprint density at radius 2 is 2.00 bits per heavy atom. The van der Waals surface area contributed by atoms with Crippen molar-refractivity contribution in [1.82, 2.24) is 9.21 Å². The van der Waals surface area contributed by atoms with Crippen LogP contribution in [0.4, 0.5) is 5.69 Å². The zero-order chi connectivity index (χ0) is 15.6. The number of nitrogens with zero attached hydrogens (tertiary/aromatic N) is 2. The highest BCUT2D eigenvalue weighted by Crippen LogP contribution is 2.25. The van der Waals surface area contributed by atoms with Gasteiger partial charge in [0.1, 0.15) is 0 Å². The number of sulfonamides is 1. The van der Waals surface area contributed by atoms with Crippen LogP contribution in [0.15, 0.2) is 23.1 Å². The number of hydrogen-bond donors (Lipinski definition) is 1. The van der Waals surface area contributed by atoms with Crippen molar-refractivity contribution in [2.45, 2.75) is 38.1 Å². The summed E-state index contributed by atoms with van der Waals surface area (Å²) >= 11 is 0. The monoisotopic (exact) mass is 311 g/mol. The van der Waals surface area contributed by atoms with Crippen LogP contribution in [0, 0.1) is 6.92 Å². The van der Waals surface area contributed by atoms with Crippen LogP contribution in [-0.4, -0.2) is 49.8 Å². The molecule has 0 bridgehead atoms. The van der Waals surface area contributed by atoms with Gasteiger partial charge < -0.3 is 5.73 Å². The number of aryl methyl sites for hydroxylation is 1. The van der Waals surface area contributed by atoms with Crippen LogP contribution in [0.2, 0.25) is 0 Å². The van der Waals surface area contributed by atoms with Crippen LogP contribution >= 0.6 is 0 Å². The highest BCUT2D eigenvalue weighted by atomic mass is 32.2. The second-order valence-electron chi connectivity index (χ2n) is 5.55. The van der Waals surface area contributed by atoms with Crippen molar-refractivity contribution in [1.29, 1.82) is 0 Å². The number of rotatable bonds is 5. The summed E-state index contributed by atoms with van der Waals surface area (Å²) in [5.74, 6) is 0. The Kier molecular flexibility index (Phi) is 4.91. The van der Waals surface area contributed by atoms with Crippen LogP contribution in [0.1, 0.15) is 25.8 Å². The Labute approximate surface area is 127 Å². The molecule has 1 atom stereocenters. The number of nitrogens with two attached hydrogens (primary N) is 1. The Morgan fingerprint density at radius 1 is 1.33 bits per heavy atom. The molecule has 5 nitrogen and oxygen atoms in total. The molecule has 1 saturated heterocycles. The van der Waals surface area contributed by atoms with Gasteiger partial charge in [0.25, 0.3) is 0 Å². The Bertz CT molecular complexity index is 597. The second-order valence-corrected chi connectivity index (χ2v) is 7.48. The number of benzene rings is 1. The maximum absolute atomic E-state index is 12.7. The molecular formula is C15H25N3O2S. The van der Waals surface area contributed by atoms with E-state index in [1.807, 2.05) is 6.92 Å². The maximum atomic E-state index is 12.7. The van der Waals surface area contributed by atoms with Gasteiger partial charge in [0.2, 0.25) is 10.0 Å². The van der Waals surface area contributed by atoms with Gasteiger partial charge in [-0.05, 0) is 50.2 Å². The first-order valence-electron chi connectivity index (χ1n) is 7.50. The van der Waals surface area contributed by atoms with Gasteiger partial charge in [-0.25, -0.2) is 8.42 Å². The van der Waals surface area contributed by atoms with Gasteiger partial charge in [-0.15, -0.1) is 0 Å². The van der Waals surface area contributed by atoms with Gasteiger partial charge in [-0.3, -0.25) is 4.90 Å². The summed E-state index contributed by atoms with van der Waals surface area (Å²) in [5, 5.41) is 0. The minimum absolute atomic E-state index is 0.324. The lowest BCUT2D eigenvalue weighted by Gasteiger charge is -2.26.